The molecule has 0 aromatic rings. The van der Waals surface area contributed by atoms with Crippen LogP contribution in [0, 0.1) is 0 Å². The summed E-state index contributed by atoms with van der Waals surface area (Å²) < 4.78 is 16.8. The number of esters is 3. The van der Waals surface area contributed by atoms with Crippen molar-refractivity contribution >= 4 is 17.9 Å². The molecule has 0 unspecified atom stereocenters. The van der Waals surface area contributed by atoms with E-state index in [-0.39, 0.29) is 44.0 Å². The van der Waals surface area contributed by atoms with Crippen molar-refractivity contribution in [2.75, 3.05) is 13.2 Å². The van der Waals surface area contributed by atoms with Crippen molar-refractivity contribution in [3.05, 3.63) is 109 Å². The Morgan fingerprint density at radius 3 is 0.957 bits per heavy atom. The van der Waals surface area contributed by atoms with Crippen LogP contribution in [0.2, 0.25) is 0 Å². The summed E-state index contributed by atoms with van der Waals surface area (Å²) in [7, 11) is 0. The van der Waals surface area contributed by atoms with Gasteiger partial charge in [-0.3, -0.25) is 14.4 Å². The van der Waals surface area contributed by atoms with Crippen LogP contribution in [-0.4, -0.2) is 37.2 Å². The van der Waals surface area contributed by atoms with Gasteiger partial charge >= 0.3 is 17.9 Å². The van der Waals surface area contributed by atoms with Gasteiger partial charge in [-0.25, -0.2) is 0 Å². The molecule has 0 N–H and O–H groups in total. The lowest BCUT2D eigenvalue weighted by atomic mass is 10.1. The van der Waals surface area contributed by atoms with E-state index < -0.39 is 6.10 Å². The standard InChI is InChI=1S/C63H104O6/c1-4-7-10-13-16-19-22-25-28-31-34-37-40-43-46-49-52-55-61(64)67-58-60(69-63(66)57-54-51-48-45-42-39-36-33-30-27-24-21-18-15-12-9-6-3)59-68-62(65)56-53-50-47-44-41-38-35-32-29-26-23-20-17-14-11-8-5-2/h9,12,18,21,25-30,34,36-37,39,43,45-46,48,60H,4-8,10-11,13-17,19-20,22-24,31-33,35,38,40-42,44,47,49-59H2,1-3H3/b12-9-,21-18-,28-25-,29-26-,30-27-,37-34-,39-36-,46-43-,48-45-/t60-/m1/s1. The molecule has 0 amide bonds. The van der Waals surface area contributed by atoms with Crippen molar-refractivity contribution in [1.29, 1.82) is 0 Å². The number of ether oxygens (including phenoxy) is 3. The number of allylic oxidation sites excluding steroid dienone is 18. The van der Waals surface area contributed by atoms with E-state index in [4.69, 9.17) is 14.2 Å². The maximum absolute atomic E-state index is 12.8. The first-order chi connectivity index (χ1) is 34.0. The first-order valence-electron chi connectivity index (χ1n) is 28.4. The SMILES string of the molecule is CC/C=C\C/C=C\C/C=C\C/C=C\C/C=C\CCCC(=O)O[C@H](COC(=O)CCC/C=C\C/C=C\C/C=C\CCCCCCCC)COC(=O)CCCCCCCCC/C=C\CCCCCCCC. The summed E-state index contributed by atoms with van der Waals surface area (Å²) in [6.45, 7) is 6.42. The normalized spacial score (nSPS) is 12.9. The topological polar surface area (TPSA) is 78.9 Å². The highest BCUT2D eigenvalue weighted by molar-refractivity contribution is 5.71. The number of carbonyl (C=O) groups excluding carboxylic acids is 3. The number of carbonyl (C=O) groups is 3. The maximum Gasteiger partial charge on any atom is 0.306 e. The average Bonchev–Trinajstić information content (AvgIpc) is 3.35. The molecule has 0 radical (unpaired) electrons. The second-order valence-corrected chi connectivity index (χ2v) is 18.5. The van der Waals surface area contributed by atoms with Gasteiger partial charge in [0.15, 0.2) is 6.10 Å². The van der Waals surface area contributed by atoms with Gasteiger partial charge in [0.05, 0.1) is 0 Å². The van der Waals surface area contributed by atoms with E-state index >= 15 is 0 Å². The van der Waals surface area contributed by atoms with Crippen LogP contribution in [0.4, 0.5) is 0 Å². The molecule has 0 bridgehead atoms. The first-order valence-corrected chi connectivity index (χ1v) is 28.4. The Morgan fingerprint density at radius 2 is 0.580 bits per heavy atom. The van der Waals surface area contributed by atoms with Crippen molar-refractivity contribution in [1.82, 2.24) is 0 Å². The molecule has 0 rings (SSSR count). The molecule has 0 heterocycles. The zero-order chi connectivity index (χ0) is 50.0. The van der Waals surface area contributed by atoms with Gasteiger partial charge in [0.2, 0.25) is 0 Å². The lowest BCUT2D eigenvalue weighted by Gasteiger charge is -2.18. The highest BCUT2D eigenvalue weighted by Gasteiger charge is 2.19. The van der Waals surface area contributed by atoms with Gasteiger partial charge in [0.25, 0.3) is 0 Å². The van der Waals surface area contributed by atoms with Gasteiger partial charge in [-0.2, -0.15) is 0 Å². The molecule has 0 saturated heterocycles. The number of hydrogen-bond acceptors (Lipinski definition) is 6. The Balaban J connectivity index is 4.56. The molecule has 6 heteroatoms. The maximum atomic E-state index is 12.8. The van der Waals surface area contributed by atoms with Gasteiger partial charge in [0.1, 0.15) is 13.2 Å². The monoisotopic (exact) mass is 957 g/mol. The molecule has 0 aromatic carbocycles. The second-order valence-electron chi connectivity index (χ2n) is 18.5. The molecule has 0 spiro atoms. The van der Waals surface area contributed by atoms with Crippen LogP contribution < -0.4 is 0 Å². The lowest BCUT2D eigenvalue weighted by Crippen LogP contribution is -2.30. The van der Waals surface area contributed by atoms with E-state index in [1.54, 1.807) is 0 Å². The van der Waals surface area contributed by atoms with E-state index in [1.807, 2.05) is 0 Å². The fourth-order valence-corrected chi connectivity index (χ4v) is 7.49. The van der Waals surface area contributed by atoms with Crippen LogP contribution in [0.25, 0.3) is 0 Å². The van der Waals surface area contributed by atoms with Crippen LogP contribution in [0.15, 0.2) is 109 Å². The predicted octanol–water partition coefficient (Wildman–Crippen LogP) is 19.1. The third kappa shape index (κ3) is 54.9. The molecule has 0 aliphatic rings. The number of unbranched alkanes of at least 4 members (excludes halogenated alkanes) is 21. The molecule has 392 valence electrons. The van der Waals surface area contributed by atoms with Crippen LogP contribution in [0.3, 0.4) is 0 Å². The van der Waals surface area contributed by atoms with Gasteiger partial charge in [-0.05, 0) is 116 Å². The summed E-state index contributed by atoms with van der Waals surface area (Å²) in [5.41, 5.74) is 0. The molecule has 0 aliphatic carbocycles. The molecule has 0 aromatic heterocycles. The Bertz CT molecular complexity index is 1420. The van der Waals surface area contributed by atoms with Crippen molar-refractivity contribution < 1.29 is 28.6 Å². The lowest BCUT2D eigenvalue weighted by molar-refractivity contribution is -0.167. The van der Waals surface area contributed by atoms with E-state index in [2.05, 4.69) is 130 Å². The van der Waals surface area contributed by atoms with Gasteiger partial charge in [0, 0.05) is 19.3 Å². The van der Waals surface area contributed by atoms with Crippen molar-refractivity contribution in [2.24, 2.45) is 0 Å². The zero-order valence-electron chi connectivity index (χ0n) is 44.8. The van der Waals surface area contributed by atoms with E-state index in [0.717, 1.165) is 77.0 Å². The Labute approximate surface area is 425 Å². The molecule has 1 atom stereocenters. The van der Waals surface area contributed by atoms with E-state index in [9.17, 15) is 14.4 Å². The van der Waals surface area contributed by atoms with Gasteiger partial charge in [-0.15, -0.1) is 0 Å². The van der Waals surface area contributed by atoms with E-state index in [0.29, 0.717) is 19.3 Å². The Kier molecular flexibility index (Phi) is 53.4. The summed E-state index contributed by atoms with van der Waals surface area (Å²) in [6, 6.07) is 0. The summed E-state index contributed by atoms with van der Waals surface area (Å²) in [4.78, 5) is 38.1. The minimum Gasteiger partial charge on any atom is -0.462 e. The predicted molar refractivity (Wildman–Crippen MR) is 297 cm³/mol. The Morgan fingerprint density at radius 1 is 0.304 bits per heavy atom. The largest absolute Gasteiger partial charge is 0.462 e. The van der Waals surface area contributed by atoms with Crippen molar-refractivity contribution in [3.8, 4) is 0 Å². The average molecular weight is 958 g/mol. The molecular formula is C63H104O6. The summed E-state index contributed by atoms with van der Waals surface area (Å²) in [6.07, 6.45) is 76.6. The smallest absolute Gasteiger partial charge is 0.306 e. The second kappa shape index (κ2) is 56.7. The fraction of sp³-hybridized carbons (Fsp3) is 0.667. The van der Waals surface area contributed by atoms with Crippen LogP contribution >= 0.6 is 0 Å². The third-order valence-electron chi connectivity index (χ3n) is 11.7. The molecule has 0 fully saturated rings. The summed E-state index contributed by atoms with van der Waals surface area (Å²) >= 11 is 0. The van der Waals surface area contributed by atoms with Crippen LogP contribution in [0.5, 0.6) is 0 Å². The highest BCUT2D eigenvalue weighted by Crippen LogP contribution is 2.13. The van der Waals surface area contributed by atoms with Crippen LogP contribution in [0.1, 0.15) is 252 Å². The quantitative estimate of drug-likeness (QED) is 0.0262. The van der Waals surface area contributed by atoms with Crippen molar-refractivity contribution in [2.45, 2.75) is 258 Å². The first kappa shape index (κ1) is 65.1. The Hall–Kier alpha value is -3.93. The number of hydrogen-bond donors (Lipinski definition) is 0. The minimum atomic E-state index is -0.832. The fourth-order valence-electron chi connectivity index (χ4n) is 7.49. The number of rotatable bonds is 50. The minimum absolute atomic E-state index is 0.120. The molecule has 69 heavy (non-hydrogen) atoms. The molecule has 6 nitrogen and oxygen atoms in total. The van der Waals surface area contributed by atoms with Gasteiger partial charge < -0.3 is 14.2 Å². The third-order valence-corrected chi connectivity index (χ3v) is 11.7. The van der Waals surface area contributed by atoms with Crippen molar-refractivity contribution in [3.63, 3.8) is 0 Å². The summed E-state index contributed by atoms with van der Waals surface area (Å²) in [5.74, 6) is -1.04. The molecule has 0 saturated carbocycles. The van der Waals surface area contributed by atoms with Crippen LogP contribution in [-0.2, 0) is 28.6 Å². The highest BCUT2D eigenvalue weighted by atomic mass is 16.6. The molecule has 0 aliphatic heterocycles. The van der Waals surface area contributed by atoms with E-state index in [1.165, 1.54) is 122 Å². The van der Waals surface area contributed by atoms with Gasteiger partial charge in [-0.1, -0.05) is 226 Å². The molecular weight excluding hydrogens is 853 g/mol. The summed E-state index contributed by atoms with van der Waals surface area (Å²) in [5, 5.41) is 0. The zero-order valence-corrected chi connectivity index (χ0v) is 44.8.